The van der Waals surface area contributed by atoms with E-state index in [9.17, 15) is 12.8 Å². The molecule has 0 unspecified atom stereocenters. The summed E-state index contributed by atoms with van der Waals surface area (Å²) >= 11 is 0. The van der Waals surface area contributed by atoms with E-state index >= 15 is 0 Å². The molecule has 124 valence electrons. The SMILES string of the molecule is Cn1cc(N2CCC[C@@H](NS(=O)(=O)c3ccccc3F)C2)cn1. The molecule has 1 N–H and O–H groups in total. The molecule has 0 saturated carbocycles. The zero-order valence-electron chi connectivity index (χ0n) is 12.8. The van der Waals surface area contributed by atoms with Gasteiger partial charge in [-0.3, -0.25) is 4.68 Å². The molecule has 1 saturated heterocycles. The van der Waals surface area contributed by atoms with Crippen LogP contribution >= 0.6 is 0 Å². The highest BCUT2D eigenvalue weighted by molar-refractivity contribution is 7.89. The Balaban J connectivity index is 1.73. The van der Waals surface area contributed by atoms with Gasteiger partial charge in [0, 0.05) is 32.4 Å². The first-order valence-electron chi connectivity index (χ1n) is 7.46. The van der Waals surface area contributed by atoms with Crippen LogP contribution in [0.4, 0.5) is 10.1 Å². The van der Waals surface area contributed by atoms with Crippen LogP contribution in [-0.2, 0) is 17.1 Å². The van der Waals surface area contributed by atoms with Crippen molar-refractivity contribution in [2.24, 2.45) is 7.05 Å². The number of aryl methyl sites for hydroxylation is 1. The number of anilines is 1. The Bertz CT molecular complexity index is 790. The molecule has 0 amide bonds. The molecule has 1 aliphatic rings. The highest BCUT2D eigenvalue weighted by Crippen LogP contribution is 2.21. The Morgan fingerprint density at radius 2 is 2.13 bits per heavy atom. The lowest BCUT2D eigenvalue weighted by molar-refractivity contribution is 0.463. The number of piperidine rings is 1. The molecule has 8 heteroatoms. The Morgan fingerprint density at radius 1 is 1.35 bits per heavy atom. The van der Waals surface area contributed by atoms with Gasteiger partial charge in [-0.15, -0.1) is 0 Å². The molecule has 0 aliphatic carbocycles. The van der Waals surface area contributed by atoms with Gasteiger partial charge in [0.05, 0.1) is 11.9 Å². The molecule has 3 rings (SSSR count). The van der Waals surface area contributed by atoms with Crippen molar-refractivity contribution >= 4 is 15.7 Å². The fraction of sp³-hybridized carbons (Fsp3) is 0.400. The van der Waals surface area contributed by atoms with Gasteiger partial charge in [-0.05, 0) is 25.0 Å². The molecule has 1 fully saturated rings. The summed E-state index contributed by atoms with van der Waals surface area (Å²) in [7, 11) is -2.02. The predicted molar refractivity (Wildman–Crippen MR) is 85.2 cm³/mol. The van der Waals surface area contributed by atoms with Crippen molar-refractivity contribution in [1.29, 1.82) is 0 Å². The minimum Gasteiger partial charge on any atom is -0.367 e. The first-order chi connectivity index (χ1) is 11.0. The van der Waals surface area contributed by atoms with Crippen LogP contribution in [0.25, 0.3) is 0 Å². The number of aromatic nitrogens is 2. The highest BCUT2D eigenvalue weighted by atomic mass is 32.2. The first kappa shape index (κ1) is 15.9. The van der Waals surface area contributed by atoms with Crippen LogP contribution < -0.4 is 9.62 Å². The van der Waals surface area contributed by atoms with Gasteiger partial charge in [0.1, 0.15) is 10.7 Å². The summed E-state index contributed by atoms with van der Waals surface area (Å²) in [6, 6.07) is 5.16. The lowest BCUT2D eigenvalue weighted by Gasteiger charge is -2.33. The van der Waals surface area contributed by atoms with E-state index in [1.807, 2.05) is 13.2 Å². The minimum atomic E-state index is -3.86. The standard InChI is InChI=1S/C15H19FN4O2S/c1-19-11-13(9-17-19)20-8-4-5-12(10-20)18-23(21,22)15-7-3-2-6-14(15)16/h2-3,6-7,9,11-12,18H,4-5,8,10H2,1H3/t12-/m1/s1. The maximum atomic E-state index is 13.7. The molecule has 0 radical (unpaired) electrons. The van der Waals surface area contributed by atoms with Gasteiger partial charge in [-0.2, -0.15) is 5.10 Å². The van der Waals surface area contributed by atoms with Crippen molar-refractivity contribution in [3.05, 3.63) is 42.5 Å². The third-order valence-electron chi connectivity index (χ3n) is 3.93. The van der Waals surface area contributed by atoms with Crippen molar-refractivity contribution in [2.45, 2.75) is 23.8 Å². The van der Waals surface area contributed by atoms with Crippen LogP contribution in [0.5, 0.6) is 0 Å². The van der Waals surface area contributed by atoms with Crippen molar-refractivity contribution in [3.63, 3.8) is 0 Å². The normalized spacial score (nSPS) is 19.0. The fourth-order valence-corrected chi connectivity index (χ4v) is 4.17. The number of hydrogen-bond acceptors (Lipinski definition) is 4. The van der Waals surface area contributed by atoms with E-state index in [2.05, 4.69) is 14.7 Å². The van der Waals surface area contributed by atoms with Crippen LogP contribution in [0.2, 0.25) is 0 Å². The highest BCUT2D eigenvalue weighted by Gasteiger charge is 2.27. The second-order valence-electron chi connectivity index (χ2n) is 5.71. The molecule has 0 spiro atoms. The second kappa shape index (κ2) is 6.29. The predicted octanol–water partition coefficient (Wildman–Crippen LogP) is 1.51. The van der Waals surface area contributed by atoms with Crippen LogP contribution in [0, 0.1) is 5.82 Å². The van der Waals surface area contributed by atoms with Crippen LogP contribution in [0.1, 0.15) is 12.8 Å². The van der Waals surface area contributed by atoms with Gasteiger partial charge in [0.25, 0.3) is 0 Å². The van der Waals surface area contributed by atoms with E-state index < -0.39 is 15.8 Å². The summed E-state index contributed by atoms with van der Waals surface area (Å²) in [6.07, 6.45) is 5.24. The van der Waals surface area contributed by atoms with E-state index in [-0.39, 0.29) is 10.9 Å². The number of sulfonamides is 1. The molecule has 1 aromatic heterocycles. The van der Waals surface area contributed by atoms with E-state index in [0.29, 0.717) is 6.54 Å². The molecule has 2 heterocycles. The molecule has 2 aromatic rings. The minimum absolute atomic E-state index is 0.256. The molecule has 1 atom stereocenters. The number of hydrogen-bond donors (Lipinski definition) is 1. The smallest absolute Gasteiger partial charge is 0.243 e. The van der Waals surface area contributed by atoms with Crippen molar-refractivity contribution < 1.29 is 12.8 Å². The lowest BCUT2D eigenvalue weighted by Crippen LogP contribution is -2.47. The summed E-state index contributed by atoms with van der Waals surface area (Å²) < 4.78 is 42.8. The Morgan fingerprint density at radius 3 is 2.83 bits per heavy atom. The lowest BCUT2D eigenvalue weighted by atomic mass is 10.1. The summed E-state index contributed by atoms with van der Waals surface area (Å²) in [5.74, 6) is -0.736. The molecule has 0 bridgehead atoms. The van der Waals surface area contributed by atoms with Gasteiger partial charge < -0.3 is 4.90 Å². The zero-order valence-corrected chi connectivity index (χ0v) is 13.6. The van der Waals surface area contributed by atoms with Gasteiger partial charge in [-0.1, -0.05) is 12.1 Å². The Kier molecular flexibility index (Phi) is 4.36. The molecule has 6 nitrogen and oxygen atoms in total. The molecule has 1 aliphatic heterocycles. The van der Waals surface area contributed by atoms with Gasteiger partial charge in [-0.25, -0.2) is 17.5 Å². The maximum Gasteiger partial charge on any atom is 0.243 e. The average molecular weight is 338 g/mol. The summed E-state index contributed by atoms with van der Waals surface area (Å²) in [6.45, 7) is 1.39. The van der Waals surface area contributed by atoms with E-state index in [1.54, 1.807) is 10.9 Å². The van der Waals surface area contributed by atoms with Gasteiger partial charge >= 0.3 is 0 Å². The summed E-state index contributed by atoms with van der Waals surface area (Å²) in [5, 5.41) is 4.14. The zero-order chi connectivity index (χ0) is 16.4. The summed E-state index contributed by atoms with van der Waals surface area (Å²) in [4.78, 5) is 1.78. The number of benzene rings is 1. The van der Waals surface area contributed by atoms with Crippen molar-refractivity contribution in [1.82, 2.24) is 14.5 Å². The van der Waals surface area contributed by atoms with Crippen LogP contribution in [0.15, 0.2) is 41.6 Å². The van der Waals surface area contributed by atoms with E-state index in [0.717, 1.165) is 31.1 Å². The maximum absolute atomic E-state index is 13.7. The molecule has 23 heavy (non-hydrogen) atoms. The number of halogens is 1. The number of rotatable bonds is 4. The van der Waals surface area contributed by atoms with Gasteiger partial charge in [0.2, 0.25) is 10.0 Å². The largest absolute Gasteiger partial charge is 0.367 e. The topological polar surface area (TPSA) is 67.2 Å². The number of nitrogens with one attached hydrogen (secondary N) is 1. The quantitative estimate of drug-likeness (QED) is 0.918. The summed E-state index contributed by atoms with van der Waals surface area (Å²) in [5.41, 5.74) is 0.960. The third-order valence-corrected chi connectivity index (χ3v) is 5.48. The van der Waals surface area contributed by atoms with Gasteiger partial charge in [0.15, 0.2) is 0 Å². The third kappa shape index (κ3) is 3.53. The van der Waals surface area contributed by atoms with Crippen molar-refractivity contribution in [3.8, 4) is 0 Å². The molecular weight excluding hydrogens is 319 g/mol. The fourth-order valence-electron chi connectivity index (χ4n) is 2.83. The first-order valence-corrected chi connectivity index (χ1v) is 8.94. The number of nitrogens with zero attached hydrogens (tertiary/aromatic N) is 3. The van der Waals surface area contributed by atoms with Crippen molar-refractivity contribution in [2.75, 3.05) is 18.0 Å². The Hall–Kier alpha value is -1.93. The molecule has 1 aromatic carbocycles. The molecular formula is C15H19FN4O2S. The Labute approximate surface area is 135 Å². The van der Waals surface area contributed by atoms with E-state index in [1.165, 1.54) is 18.2 Å². The van der Waals surface area contributed by atoms with Crippen LogP contribution in [0.3, 0.4) is 0 Å². The average Bonchev–Trinajstić information content (AvgIpc) is 2.94. The second-order valence-corrected chi connectivity index (χ2v) is 7.39. The van der Waals surface area contributed by atoms with E-state index in [4.69, 9.17) is 0 Å². The van der Waals surface area contributed by atoms with Crippen LogP contribution in [-0.4, -0.2) is 37.3 Å². The monoisotopic (exact) mass is 338 g/mol.